The number of ether oxygens (including phenoxy) is 2. The first-order valence-corrected chi connectivity index (χ1v) is 9.30. The van der Waals surface area contributed by atoms with Gasteiger partial charge in [0.25, 0.3) is 0 Å². The summed E-state index contributed by atoms with van der Waals surface area (Å²) in [6, 6.07) is 10.7. The van der Waals surface area contributed by atoms with Gasteiger partial charge in [0.05, 0.1) is 24.9 Å². The molecule has 0 unspecified atom stereocenters. The van der Waals surface area contributed by atoms with Crippen molar-refractivity contribution in [3.8, 4) is 11.5 Å². The fourth-order valence-electron chi connectivity index (χ4n) is 2.33. The SMILES string of the molecule is COc1cc(OC)c(/C=N/NC(=O)C(=O)Nc2ccc(C(C)C)cc2)cc1Br. The van der Waals surface area contributed by atoms with Crippen LogP contribution < -0.4 is 20.2 Å². The molecule has 2 amide bonds. The number of halogens is 1. The number of hydrogen-bond donors (Lipinski definition) is 2. The second-order valence-corrected chi connectivity index (χ2v) is 7.01. The molecule has 148 valence electrons. The van der Waals surface area contributed by atoms with Crippen molar-refractivity contribution in [3.63, 3.8) is 0 Å². The van der Waals surface area contributed by atoms with Gasteiger partial charge in [0.2, 0.25) is 0 Å². The Balaban J connectivity index is 1.99. The average molecular weight is 448 g/mol. The van der Waals surface area contributed by atoms with Crippen molar-refractivity contribution < 1.29 is 19.1 Å². The summed E-state index contributed by atoms with van der Waals surface area (Å²) in [6.07, 6.45) is 1.38. The Morgan fingerprint density at radius 3 is 2.25 bits per heavy atom. The molecule has 2 N–H and O–H groups in total. The summed E-state index contributed by atoms with van der Waals surface area (Å²) in [5.74, 6) is -0.195. The summed E-state index contributed by atoms with van der Waals surface area (Å²) in [7, 11) is 3.05. The number of hydrazone groups is 1. The number of rotatable bonds is 6. The standard InChI is InChI=1S/C20H22BrN3O4/c1-12(2)13-5-7-15(8-6-13)23-19(25)20(26)24-22-11-14-9-16(21)18(28-4)10-17(14)27-3/h5-12H,1-4H3,(H,23,25)(H,24,26)/b22-11+. The number of hydrogen-bond acceptors (Lipinski definition) is 5. The molecule has 0 fully saturated rings. The molecule has 2 aromatic rings. The first kappa shape index (κ1) is 21.4. The van der Waals surface area contributed by atoms with E-state index in [1.165, 1.54) is 13.3 Å². The molecule has 0 heterocycles. The van der Waals surface area contributed by atoms with Gasteiger partial charge in [-0.15, -0.1) is 0 Å². The average Bonchev–Trinajstić information content (AvgIpc) is 2.68. The minimum atomic E-state index is -0.879. The fraction of sp³-hybridized carbons (Fsp3) is 0.250. The summed E-state index contributed by atoms with van der Waals surface area (Å²) in [5.41, 5.74) is 4.48. The van der Waals surface area contributed by atoms with Gasteiger partial charge in [0.15, 0.2) is 0 Å². The Bertz CT molecular complexity index is 880. The first-order valence-electron chi connectivity index (χ1n) is 8.51. The predicted molar refractivity (Wildman–Crippen MR) is 112 cm³/mol. The van der Waals surface area contributed by atoms with Gasteiger partial charge in [-0.3, -0.25) is 9.59 Å². The summed E-state index contributed by atoms with van der Waals surface area (Å²) >= 11 is 3.37. The maximum atomic E-state index is 12.0. The molecule has 28 heavy (non-hydrogen) atoms. The Hall–Kier alpha value is -2.87. The van der Waals surface area contributed by atoms with Crippen molar-refractivity contribution in [3.05, 3.63) is 52.0 Å². The van der Waals surface area contributed by atoms with Gasteiger partial charge in [0.1, 0.15) is 11.5 Å². The minimum Gasteiger partial charge on any atom is -0.496 e. The highest BCUT2D eigenvalue weighted by Gasteiger charge is 2.13. The molecule has 0 aliphatic rings. The smallest absolute Gasteiger partial charge is 0.329 e. The molecule has 8 heteroatoms. The van der Waals surface area contributed by atoms with Crippen LogP contribution in [0.2, 0.25) is 0 Å². The van der Waals surface area contributed by atoms with E-state index in [-0.39, 0.29) is 0 Å². The zero-order valence-corrected chi connectivity index (χ0v) is 17.7. The van der Waals surface area contributed by atoms with E-state index in [4.69, 9.17) is 9.47 Å². The number of methoxy groups -OCH3 is 2. The molecule has 2 rings (SSSR count). The van der Waals surface area contributed by atoms with E-state index in [1.807, 2.05) is 12.1 Å². The summed E-state index contributed by atoms with van der Waals surface area (Å²) in [6.45, 7) is 4.16. The van der Waals surface area contributed by atoms with Crippen LogP contribution >= 0.6 is 15.9 Å². The predicted octanol–water partition coefficient (Wildman–Crippen LogP) is 3.68. The lowest BCUT2D eigenvalue weighted by Gasteiger charge is -2.09. The largest absolute Gasteiger partial charge is 0.496 e. The van der Waals surface area contributed by atoms with E-state index in [0.29, 0.717) is 33.1 Å². The first-order chi connectivity index (χ1) is 13.3. The molecule has 0 radical (unpaired) electrons. The van der Waals surface area contributed by atoms with Crippen LogP contribution in [0.1, 0.15) is 30.9 Å². The topological polar surface area (TPSA) is 89.0 Å². The van der Waals surface area contributed by atoms with Crippen LogP contribution in [-0.4, -0.2) is 32.2 Å². The van der Waals surface area contributed by atoms with Crippen molar-refractivity contribution in [2.45, 2.75) is 19.8 Å². The molecule has 7 nitrogen and oxygen atoms in total. The molecule has 0 saturated carbocycles. The Kier molecular flexibility index (Phi) is 7.57. The van der Waals surface area contributed by atoms with Crippen LogP contribution in [0.5, 0.6) is 11.5 Å². The van der Waals surface area contributed by atoms with Crippen molar-refractivity contribution in [2.75, 3.05) is 19.5 Å². The van der Waals surface area contributed by atoms with Gasteiger partial charge in [-0.1, -0.05) is 26.0 Å². The molecule has 0 saturated heterocycles. The highest BCUT2D eigenvalue weighted by molar-refractivity contribution is 9.10. The molecule has 0 aliphatic carbocycles. The monoisotopic (exact) mass is 447 g/mol. The van der Waals surface area contributed by atoms with Crippen molar-refractivity contribution in [1.29, 1.82) is 0 Å². The van der Waals surface area contributed by atoms with Gasteiger partial charge < -0.3 is 14.8 Å². The zero-order valence-electron chi connectivity index (χ0n) is 16.1. The molecular formula is C20H22BrN3O4. The lowest BCUT2D eigenvalue weighted by molar-refractivity contribution is -0.136. The Morgan fingerprint density at radius 1 is 1.04 bits per heavy atom. The molecular weight excluding hydrogens is 426 g/mol. The third-order valence-corrected chi connectivity index (χ3v) is 4.54. The third-order valence-electron chi connectivity index (χ3n) is 3.92. The zero-order chi connectivity index (χ0) is 20.7. The minimum absolute atomic E-state index is 0.386. The van der Waals surface area contributed by atoms with Crippen molar-refractivity contribution in [2.24, 2.45) is 5.10 Å². The van der Waals surface area contributed by atoms with Gasteiger partial charge in [-0.25, -0.2) is 5.43 Å². The maximum Gasteiger partial charge on any atom is 0.329 e. The van der Waals surface area contributed by atoms with Gasteiger partial charge in [-0.05, 0) is 45.6 Å². The second kappa shape index (κ2) is 9.89. The van der Waals surface area contributed by atoms with E-state index in [1.54, 1.807) is 31.4 Å². The number of anilines is 1. The van der Waals surface area contributed by atoms with Crippen LogP contribution in [0.4, 0.5) is 5.69 Å². The molecule has 0 spiro atoms. The molecule has 0 aliphatic heterocycles. The lowest BCUT2D eigenvalue weighted by Crippen LogP contribution is -2.32. The molecule has 0 bridgehead atoms. The van der Waals surface area contributed by atoms with Gasteiger partial charge in [-0.2, -0.15) is 5.10 Å². The van der Waals surface area contributed by atoms with Gasteiger partial charge >= 0.3 is 11.8 Å². The molecule has 0 atom stereocenters. The van der Waals surface area contributed by atoms with E-state index in [0.717, 1.165) is 5.56 Å². The Morgan fingerprint density at radius 2 is 1.68 bits per heavy atom. The second-order valence-electron chi connectivity index (χ2n) is 6.16. The lowest BCUT2D eigenvalue weighted by atomic mass is 10.0. The number of carbonyl (C=O) groups excluding carboxylic acids is 2. The number of benzene rings is 2. The molecule has 0 aromatic heterocycles. The number of amides is 2. The number of nitrogens with one attached hydrogen (secondary N) is 2. The highest BCUT2D eigenvalue weighted by atomic mass is 79.9. The number of nitrogens with zero attached hydrogens (tertiary/aromatic N) is 1. The van der Waals surface area contributed by atoms with E-state index in [2.05, 4.69) is 45.6 Å². The van der Waals surface area contributed by atoms with Crippen LogP contribution in [0.25, 0.3) is 0 Å². The quantitative estimate of drug-likeness (QED) is 0.401. The van der Waals surface area contributed by atoms with Crippen LogP contribution in [-0.2, 0) is 9.59 Å². The fourth-order valence-corrected chi connectivity index (χ4v) is 2.86. The van der Waals surface area contributed by atoms with Crippen molar-refractivity contribution >= 4 is 39.6 Å². The summed E-state index contributed by atoms with van der Waals surface area (Å²) in [4.78, 5) is 23.9. The van der Waals surface area contributed by atoms with Gasteiger partial charge in [0, 0.05) is 17.3 Å². The van der Waals surface area contributed by atoms with Crippen molar-refractivity contribution in [1.82, 2.24) is 5.43 Å². The summed E-state index contributed by atoms with van der Waals surface area (Å²) < 4.78 is 11.2. The third kappa shape index (κ3) is 5.56. The Labute approximate surface area is 172 Å². The van der Waals surface area contributed by atoms with E-state index < -0.39 is 11.8 Å². The van der Waals surface area contributed by atoms with Crippen LogP contribution in [0, 0.1) is 0 Å². The molecule has 2 aromatic carbocycles. The normalized spacial score (nSPS) is 10.8. The highest BCUT2D eigenvalue weighted by Crippen LogP contribution is 2.31. The van der Waals surface area contributed by atoms with E-state index in [9.17, 15) is 9.59 Å². The number of carbonyl (C=O) groups is 2. The maximum absolute atomic E-state index is 12.0. The van der Waals surface area contributed by atoms with Crippen LogP contribution in [0.3, 0.4) is 0 Å². The van der Waals surface area contributed by atoms with Crippen LogP contribution in [0.15, 0.2) is 46.0 Å². The summed E-state index contributed by atoms with van der Waals surface area (Å²) in [5, 5.41) is 6.35. The van der Waals surface area contributed by atoms with E-state index >= 15 is 0 Å².